The van der Waals surface area contributed by atoms with E-state index < -0.39 is 0 Å². The Hall–Kier alpha value is -0.120. The number of hydrogen-bond donors (Lipinski definition) is 1. The van der Waals surface area contributed by atoms with E-state index in [9.17, 15) is 0 Å². The summed E-state index contributed by atoms with van der Waals surface area (Å²) in [6.07, 6.45) is 7.10. The van der Waals surface area contributed by atoms with Crippen LogP contribution in [0.3, 0.4) is 0 Å². The Morgan fingerprint density at radius 2 is 1.94 bits per heavy atom. The van der Waals surface area contributed by atoms with Gasteiger partial charge in [-0.15, -0.1) is 0 Å². The van der Waals surface area contributed by atoms with Crippen molar-refractivity contribution in [1.82, 2.24) is 5.32 Å². The second kappa shape index (κ2) is 8.97. The van der Waals surface area contributed by atoms with E-state index in [4.69, 9.17) is 9.47 Å². The summed E-state index contributed by atoms with van der Waals surface area (Å²) < 4.78 is 10.3. The van der Waals surface area contributed by atoms with Crippen LogP contribution in [0.5, 0.6) is 0 Å². The van der Waals surface area contributed by atoms with Crippen molar-refractivity contribution in [3.8, 4) is 0 Å². The van der Waals surface area contributed by atoms with Gasteiger partial charge in [-0.3, -0.25) is 0 Å². The summed E-state index contributed by atoms with van der Waals surface area (Å²) in [4.78, 5) is 0. The molecule has 3 nitrogen and oxygen atoms in total. The molecule has 1 aliphatic carbocycles. The lowest BCUT2D eigenvalue weighted by molar-refractivity contribution is 0.0709. The molecule has 0 amide bonds. The zero-order valence-electron chi connectivity index (χ0n) is 10.8. The van der Waals surface area contributed by atoms with E-state index in [0.29, 0.717) is 19.3 Å². The second-order valence-corrected chi connectivity index (χ2v) is 4.85. The van der Waals surface area contributed by atoms with Crippen molar-refractivity contribution in [3.05, 3.63) is 0 Å². The standard InChI is InChI=1S/C13H27NO2/c1-12(11-13-5-3-4-6-13)14-7-8-16-10-9-15-2/h12-14H,3-11H2,1-2H3. The van der Waals surface area contributed by atoms with Crippen molar-refractivity contribution in [1.29, 1.82) is 0 Å². The molecular formula is C13H27NO2. The highest BCUT2D eigenvalue weighted by Gasteiger charge is 2.17. The number of hydrogen-bond acceptors (Lipinski definition) is 3. The van der Waals surface area contributed by atoms with Gasteiger partial charge < -0.3 is 14.8 Å². The number of nitrogens with one attached hydrogen (secondary N) is 1. The molecule has 1 atom stereocenters. The minimum Gasteiger partial charge on any atom is -0.382 e. The first-order valence-corrected chi connectivity index (χ1v) is 6.63. The number of methoxy groups -OCH3 is 1. The van der Waals surface area contributed by atoms with Crippen LogP contribution >= 0.6 is 0 Å². The van der Waals surface area contributed by atoms with E-state index in [-0.39, 0.29) is 0 Å². The van der Waals surface area contributed by atoms with Crippen molar-refractivity contribution >= 4 is 0 Å². The van der Waals surface area contributed by atoms with Gasteiger partial charge in [-0.2, -0.15) is 0 Å². The molecule has 3 heteroatoms. The minimum atomic E-state index is 0.633. The fourth-order valence-corrected chi connectivity index (χ4v) is 2.45. The molecule has 1 N–H and O–H groups in total. The van der Waals surface area contributed by atoms with Gasteiger partial charge >= 0.3 is 0 Å². The zero-order chi connectivity index (χ0) is 11.6. The van der Waals surface area contributed by atoms with E-state index >= 15 is 0 Å². The summed E-state index contributed by atoms with van der Waals surface area (Å²) in [7, 11) is 1.70. The van der Waals surface area contributed by atoms with Crippen LogP contribution in [-0.2, 0) is 9.47 Å². The molecular weight excluding hydrogens is 202 g/mol. The smallest absolute Gasteiger partial charge is 0.0700 e. The molecule has 1 rings (SSSR count). The molecule has 1 saturated carbocycles. The maximum absolute atomic E-state index is 5.41. The molecule has 0 aromatic carbocycles. The highest BCUT2D eigenvalue weighted by molar-refractivity contribution is 4.72. The fourth-order valence-electron chi connectivity index (χ4n) is 2.45. The maximum Gasteiger partial charge on any atom is 0.0700 e. The van der Waals surface area contributed by atoms with E-state index in [1.165, 1.54) is 32.1 Å². The largest absolute Gasteiger partial charge is 0.382 e. The first-order chi connectivity index (χ1) is 7.83. The van der Waals surface area contributed by atoms with E-state index in [1.54, 1.807) is 7.11 Å². The van der Waals surface area contributed by atoms with Gasteiger partial charge in [-0.25, -0.2) is 0 Å². The van der Waals surface area contributed by atoms with Crippen LogP contribution in [0.25, 0.3) is 0 Å². The van der Waals surface area contributed by atoms with Crippen LogP contribution in [0, 0.1) is 5.92 Å². The Bertz CT molecular complexity index is 158. The molecule has 0 heterocycles. The first-order valence-electron chi connectivity index (χ1n) is 6.63. The van der Waals surface area contributed by atoms with Crippen molar-refractivity contribution in [2.75, 3.05) is 33.5 Å². The molecule has 1 unspecified atom stereocenters. The molecule has 0 spiro atoms. The Balaban J connectivity index is 1.87. The first kappa shape index (κ1) is 13.9. The number of rotatable bonds is 9. The molecule has 0 bridgehead atoms. The van der Waals surface area contributed by atoms with Gasteiger partial charge in [0.05, 0.1) is 19.8 Å². The van der Waals surface area contributed by atoms with Crippen molar-refractivity contribution < 1.29 is 9.47 Å². The predicted molar refractivity (Wildman–Crippen MR) is 66.7 cm³/mol. The van der Waals surface area contributed by atoms with Gasteiger partial charge in [-0.05, 0) is 19.3 Å². The maximum atomic E-state index is 5.41. The van der Waals surface area contributed by atoms with Crippen molar-refractivity contribution in [2.24, 2.45) is 5.92 Å². The van der Waals surface area contributed by atoms with E-state index in [1.807, 2.05) is 0 Å². The van der Waals surface area contributed by atoms with Crippen LogP contribution in [-0.4, -0.2) is 39.5 Å². The third kappa shape index (κ3) is 6.46. The Morgan fingerprint density at radius 1 is 1.19 bits per heavy atom. The predicted octanol–water partition coefficient (Wildman–Crippen LogP) is 2.21. The third-order valence-corrected chi connectivity index (χ3v) is 3.33. The Morgan fingerprint density at radius 3 is 2.62 bits per heavy atom. The zero-order valence-corrected chi connectivity index (χ0v) is 10.8. The molecule has 96 valence electrons. The summed E-state index contributed by atoms with van der Waals surface area (Å²) in [5.41, 5.74) is 0. The van der Waals surface area contributed by atoms with Crippen LogP contribution in [0.15, 0.2) is 0 Å². The summed E-state index contributed by atoms with van der Waals surface area (Å²) >= 11 is 0. The Labute approximate surface area is 99.9 Å². The average Bonchev–Trinajstić information content (AvgIpc) is 2.76. The summed E-state index contributed by atoms with van der Waals surface area (Å²) in [5.74, 6) is 0.969. The molecule has 0 saturated heterocycles. The highest BCUT2D eigenvalue weighted by Crippen LogP contribution is 2.28. The van der Waals surface area contributed by atoms with Crippen LogP contribution < -0.4 is 5.32 Å². The molecule has 0 aromatic rings. The lowest BCUT2D eigenvalue weighted by Gasteiger charge is -2.17. The van der Waals surface area contributed by atoms with Crippen LogP contribution in [0.1, 0.15) is 39.0 Å². The molecule has 0 aliphatic heterocycles. The van der Waals surface area contributed by atoms with Gasteiger partial charge in [0.1, 0.15) is 0 Å². The second-order valence-electron chi connectivity index (χ2n) is 4.85. The van der Waals surface area contributed by atoms with E-state index in [0.717, 1.165) is 19.1 Å². The molecule has 0 aromatic heterocycles. The summed E-state index contributed by atoms with van der Waals surface area (Å²) in [6.45, 7) is 5.43. The topological polar surface area (TPSA) is 30.5 Å². The van der Waals surface area contributed by atoms with Crippen molar-refractivity contribution in [3.63, 3.8) is 0 Å². The third-order valence-electron chi connectivity index (χ3n) is 3.33. The SMILES string of the molecule is COCCOCCNC(C)CC1CCCC1. The minimum absolute atomic E-state index is 0.633. The van der Waals surface area contributed by atoms with E-state index in [2.05, 4.69) is 12.2 Å². The van der Waals surface area contributed by atoms with Gasteiger partial charge in [0.25, 0.3) is 0 Å². The van der Waals surface area contributed by atoms with Crippen LogP contribution in [0.2, 0.25) is 0 Å². The molecule has 1 aliphatic rings. The molecule has 0 radical (unpaired) electrons. The fraction of sp³-hybridized carbons (Fsp3) is 1.00. The monoisotopic (exact) mass is 229 g/mol. The highest BCUT2D eigenvalue weighted by atomic mass is 16.5. The molecule has 1 fully saturated rings. The normalized spacial score (nSPS) is 19.1. The molecule has 16 heavy (non-hydrogen) atoms. The lowest BCUT2D eigenvalue weighted by Crippen LogP contribution is -2.31. The summed E-state index contributed by atoms with van der Waals surface area (Å²) in [6, 6.07) is 0.633. The Kier molecular flexibility index (Phi) is 7.81. The van der Waals surface area contributed by atoms with Crippen LogP contribution in [0.4, 0.5) is 0 Å². The lowest BCUT2D eigenvalue weighted by atomic mass is 9.99. The quantitative estimate of drug-likeness (QED) is 0.615. The summed E-state index contributed by atoms with van der Waals surface area (Å²) in [5, 5.41) is 3.52. The average molecular weight is 229 g/mol. The number of ether oxygens (including phenoxy) is 2. The van der Waals surface area contributed by atoms with Gasteiger partial charge in [-0.1, -0.05) is 25.7 Å². The van der Waals surface area contributed by atoms with Gasteiger partial charge in [0, 0.05) is 19.7 Å². The van der Waals surface area contributed by atoms with Crippen molar-refractivity contribution in [2.45, 2.75) is 45.1 Å². The van der Waals surface area contributed by atoms with Gasteiger partial charge in [0.15, 0.2) is 0 Å². The van der Waals surface area contributed by atoms with Gasteiger partial charge in [0.2, 0.25) is 0 Å².